The smallest absolute Gasteiger partial charge is 0.239 e. The van der Waals surface area contributed by atoms with Crippen molar-refractivity contribution in [3.8, 4) is 0 Å². The first-order valence-electron chi connectivity index (χ1n) is 7.54. The fraction of sp³-hybridized carbons (Fsp3) is 0.857. The van der Waals surface area contributed by atoms with Crippen LogP contribution in [0.3, 0.4) is 0 Å². The topological polar surface area (TPSA) is 70.7 Å². The average molecular weight is 285 g/mol. The van der Waals surface area contributed by atoms with E-state index in [9.17, 15) is 9.59 Å². The number of rotatable bonds is 8. The first kappa shape index (κ1) is 16.9. The molecular formula is C14H27N3O3. The van der Waals surface area contributed by atoms with Gasteiger partial charge in [0.15, 0.2) is 0 Å². The van der Waals surface area contributed by atoms with E-state index < -0.39 is 0 Å². The molecule has 0 aromatic heterocycles. The highest BCUT2D eigenvalue weighted by atomic mass is 16.5. The van der Waals surface area contributed by atoms with E-state index in [1.54, 1.807) is 4.90 Å². The Hall–Kier alpha value is -1.14. The third kappa shape index (κ3) is 6.34. The summed E-state index contributed by atoms with van der Waals surface area (Å²) in [6, 6.07) is 0. The highest BCUT2D eigenvalue weighted by Crippen LogP contribution is 2.07. The van der Waals surface area contributed by atoms with Crippen LogP contribution in [-0.2, 0) is 14.3 Å². The van der Waals surface area contributed by atoms with Gasteiger partial charge in [0.05, 0.1) is 25.7 Å². The van der Waals surface area contributed by atoms with Crippen molar-refractivity contribution in [3.05, 3.63) is 0 Å². The van der Waals surface area contributed by atoms with Gasteiger partial charge in [0.25, 0.3) is 0 Å². The Morgan fingerprint density at radius 3 is 2.60 bits per heavy atom. The van der Waals surface area contributed by atoms with Crippen molar-refractivity contribution in [2.75, 3.05) is 39.3 Å². The molecule has 0 bridgehead atoms. The molecule has 1 saturated heterocycles. The van der Waals surface area contributed by atoms with Gasteiger partial charge < -0.3 is 20.3 Å². The third-order valence-corrected chi connectivity index (χ3v) is 3.40. The summed E-state index contributed by atoms with van der Waals surface area (Å²) in [5, 5.41) is 5.98. The van der Waals surface area contributed by atoms with E-state index in [4.69, 9.17) is 4.74 Å². The molecule has 1 aliphatic heterocycles. The first-order chi connectivity index (χ1) is 9.67. The summed E-state index contributed by atoms with van der Waals surface area (Å²) in [5.41, 5.74) is 0. The van der Waals surface area contributed by atoms with Gasteiger partial charge >= 0.3 is 0 Å². The van der Waals surface area contributed by atoms with E-state index in [-0.39, 0.29) is 24.5 Å². The molecule has 20 heavy (non-hydrogen) atoms. The Labute approximate surface area is 121 Å². The molecule has 0 unspecified atom stereocenters. The lowest BCUT2D eigenvalue weighted by Crippen LogP contribution is -2.41. The minimum Gasteiger partial charge on any atom is -0.378 e. The van der Waals surface area contributed by atoms with Crippen molar-refractivity contribution in [2.24, 2.45) is 0 Å². The SMILES string of the molecule is CCNC(=O)CN(CC)C(=O)CCOC1CCNCC1. The second-order valence-corrected chi connectivity index (χ2v) is 4.93. The number of hydrogen-bond acceptors (Lipinski definition) is 4. The molecule has 1 aliphatic rings. The molecule has 1 fully saturated rings. The number of carbonyl (C=O) groups excluding carboxylic acids is 2. The van der Waals surface area contributed by atoms with E-state index in [0.29, 0.717) is 26.1 Å². The molecule has 0 saturated carbocycles. The first-order valence-corrected chi connectivity index (χ1v) is 7.54. The standard InChI is InChI=1S/C14H27N3O3/c1-3-16-13(18)11-17(4-2)14(19)7-10-20-12-5-8-15-9-6-12/h12,15H,3-11H2,1-2H3,(H,16,18). The van der Waals surface area contributed by atoms with Gasteiger partial charge in [0.1, 0.15) is 0 Å². The Balaban J connectivity index is 2.22. The fourth-order valence-corrected chi connectivity index (χ4v) is 2.24. The number of carbonyl (C=O) groups is 2. The molecule has 1 rings (SSSR count). The fourth-order valence-electron chi connectivity index (χ4n) is 2.24. The molecule has 116 valence electrons. The minimum absolute atomic E-state index is 0.0207. The molecule has 0 radical (unpaired) electrons. The Morgan fingerprint density at radius 1 is 1.30 bits per heavy atom. The number of nitrogens with zero attached hydrogens (tertiary/aromatic N) is 1. The summed E-state index contributed by atoms with van der Waals surface area (Å²) in [6.45, 7) is 7.42. The molecule has 0 aromatic rings. The molecule has 0 aliphatic carbocycles. The Morgan fingerprint density at radius 2 is 2.00 bits per heavy atom. The monoisotopic (exact) mass is 285 g/mol. The molecule has 6 heteroatoms. The van der Waals surface area contributed by atoms with Crippen LogP contribution in [0.1, 0.15) is 33.1 Å². The van der Waals surface area contributed by atoms with Crippen LogP contribution in [0.2, 0.25) is 0 Å². The molecule has 0 atom stereocenters. The zero-order valence-corrected chi connectivity index (χ0v) is 12.6. The summed E-state index contributed by atoms with van der Waals surface area (Å²) in [5.74, 6) is -0.130. The zero-order valence-electron chi connectivity index (χ0n) is 12.6. The number of amides is 2. The summed E-state index contributed by atoms with van der Waals surface area (Å²) < 4.78 is 5.71. The van der Waals surface area contributed by atoms with Crippen LogP contribution in [-0.4, -0.2) is 62.1 Å². The van der Waals surface area contributed by atoms with Crippen molar-refractivity contribution in [2.45, 2.75) is 39.2 Å². The van der Waals surface area contributed by atoms with Crippen LogP contribution in [0, 0.1) is 0 Å². The quantitative estimate of drug-likeness (QED) is 0.665. The van der Waals surface area contributed by atoms with Crippen LogP contribution >= 0.6 is 0 Å². The van der Waals surface area contributed by atoms with Crippen molar-refractivity contribution in [1.82, 2.24) is 15.5 Å². The van der Waals surface area contributed by atoms with Crippen molar-refractivity contribution in [1.29, 1.82) is 0 Å². The van der Waals surface area contributed by atoms with Gasteiger partial charge in [-0.2, -0.15) is 0 Å². The number of likely N-dealkylation sites (N-methyl/N-ethyl adjacent to an activating group) is 2. The maximum Gasteiger partial charge on any atom is 0.239 e. The van der Waals surface area contributed by atoms with Crippen molar-refractivity contribution < 1.29 is 14.3 Å². The second-order valence-electron chi connectivity index (χ2n) is 4.93. The molecule has 6 nitrogen and oxygen atoms in total. The zero-order chi connectivity index (χ0) is 14.8. The number of piperidine rings is 1. The maximum absolute atomic E-state index is 12.0. The lowest BCUT2D eigenvalue weighted by atomic mass is 10.1. The average Bonchev–Trinajstić information content (AvgIpc) is 2.46. The number of hydrogen-bond donors (Lipinski definition) is 2. The van der Waals surface area contributed by atoms with Crippen LogP contribution < -0.4 is 10.6 Å². The Bertz CT molecular complexity index is 304. The van der Waals surface area contributed by atoms with Crippen molar-refractivity contribution >= 4 is 11.8 Å². The van der Waals surface area contributed by atoms with E-state index >= 15 is 0 Å². The minimum atomic E-state index is -0.109. The molecule has 2 amide bonds. The van der Waals surface area contributed by atoms with Crippen LogP contribution in [0.4, 0.5) is 0 Å². The highest BCUT2D eigenvalue weighted by Gasteiger charge is 2.17. The largest absolute Gasteiger partial charge is 0.378 e. The normalized spacial score (nSPS) is 15.9. The van der Waals surface area contributed by atoms with Gasteiger partial charge in [-0.05, 0) is 39.8 Å². The predicted molar refractivity (Wildman–Crippen MR) is 77.4 cm³/mol. The van der Waals surface area contributed by atoms with Gasteiger partial charge in [-0.3, -0.25) is 9.59 Å². The van der Waals surface area contributed by atoms with Crippen LogP contribution in [0.15, 0.2) is 0 Å². The van der Waals surface area contributed by atoms with Crippen LogP contribution in [0.25, 0.3) is 0 Å². The van der Waals surface area contributed by atoms with Gasteiger partial charge in [-0.25, -0.2) is 0 Å². The van der Waals surface area contributed by atoms with E-state index in [2.05, 4.69) is 10.6 Å². The highest BCUT2D eigenvalue weighted by molar-refractivity contribution is 5.84. The molecule has 1 heterocycles. The van der Waals surface area contributed by atoms with E-state index in [0.717, 1.165) is 25.9 Å². The summed E-state index contributed by atoms with van der Waals surface area (Å²) >= 11 is 0. The second kappa shape index (κ2) is 9.72. The lowest BCUT2D eigenvalue weighted by molar-refractivity contribution is -0.137. The van der Waals surface area contributed by atoms with Crippen LogP contribution in [0.5, 0.6) is 0 Å². The number of nitrogens with one attached hydrogen (secondary N) is 2. The summed E-state index contributed by atoms with van der Waals surface area (Å²) in [6.07, 6.45) is 2.62. The lowest BCUT2D eigenvalue weighted by Gasteiger charge is -2.24. The van der Waals surface area contributed by atoms with Crippen molar-refractivity contribution in [3.63, 3.8) is 0 Å². The molecule has 0 spiro atoms. The molecule has 0 aromatic carbocycles. The summed E-state index contributed by atoms with van der Waals surface area (Å²) in [7, 11) is 0. The number of ether oxygens (including phenoxy) is 1. The van der Waals surface area contributed by atoms with Gasteiger partial charge in [0.2, 0.25) is 11.8 Å². The van der Waals surface area contributed by atoms with E-state index in [1.165, 1.54) is 0 Å². The molecular weight excluding hydrogens is 258 g/mol. The van der Waals surface area contributed by atoms with E-state index in [1.807, 2.05) is 13.8 Å². The summed E-state index contributed by atoms with van der Waals surface area (Å²) in [4.78, 5) is 25.1. The van der Waals surface area contributed by atoms with Gasteiger partial charge in [0, 0.05) is 13.1 Å². The predicted octanol–water partition coefficient (Wildman–Crippen LogP) is 0.130. The Kier molecular flexibility index (Phi) is 8.22. The van der Waals surface area contributed by atoms with Gasteiger partial charge in [-0.15, -0.1) is 0 Å². The van der Waals surface area contributed by atoms with Gasteiger partial charge in [-0.1, -0.05) is 0 Å². The maximum atomic E-state index is 12.0. The third-order valence-electron chi connectivity index (χ3n) is 3.40. The molecule has 2 N–H and O–H groups in total.